The topological polar surface area (TPSA) is 42.0 Å². The van der Waals surface area contributed by atoms with E-state index in [1.807, 2.05) is 24.3 Å². The van der Waals surface area contributed by atoms with Crippen LogP contribution in [-0.2, 0) is 6.42 Å². The normalized spacial score (nSPS) is 11.2. The van der Waals surface area contributed by atoms with Gasteiger partial charge in [-0.25, -0.2) is 0 Å². The molecule has 1 N–H and O–H groups in total. The number of aromatic nitrogens is 1. The minimum Gasteiger partial charge on any atom is -0.352 e. The lowest BCUT2D eigenvalue weighted by atomic mass is 9.97. The highest BCUT2D eigenvalue weighted by Crippen LogP contribution is 2.17. The van der Waals surface area contributed by atoms with Crippen molar-refractivity contribution >= 4 is 18.1 Å². The molecule has 0 saturated carbocycles. The first-order valence-electron chi connectivity index (χ1n) is 10.6. The van der Waals surface area contributed by atoms with Crippen LogP contribution in [-0.4, -0.2) is 17.4 Å². The summed E-state index contributed by atoms with van der Waals surface area (Å²) in [5.74, 6) is 0.600. The van der Waals surface area contributed by atoms with Crippen molar-refractivity contribution < 1.29 is 4.79 Å². The molecule has 0 bridgehead atoms. The maximum absolute atomic E-state index is 12.3. The summed E-state index contributed by atoms with van der Waals surface area (Å²) in [4.78, 5) is 16.4. The Balaban J connectivity index is 1.60. The molecule has 3 nitrogen and oxygen atoms in total. The first kappa shape index (κ1) is 21.5. The summed E-state index contributed by atoms with van der Waals surface area (Å²) in [5, 5.41) is 3.01. The molecule has 1 amide bonds. The van der Waals surface area contributed by atoms with Crippen LogP contribution in [0, 0.1) is 12.8 Å². The molecule has 30 heavy (non-hydrogen) atoms. The van der Waals surface area contributed by atoms with Crippen molar-refractivity contribution in [2.45, 2.75) is 33.6 Å². The van der Waals surface area contributed by atoms with E-state index in [1.165, 1.54) is 16.7 Å². The number of nitrogens with zero attached hydrogens (tertiary/aromatic N) is 1. The molecule has 2 aromatic carbocycles. The molecule has 0 saturated heterocycles. The summed E-state index contributed by atoms with van der Waals surface area (Å²) in [6, 6.07) is 18.6. The molecule has 0 fully saturated rings. The number of aryl methyl sites for hydroxylation is 1. The Bertz CT molecular complexity index is 989. The summed E-state index contributed by atoms with van der Waals surface area (Å²) >= 11 is 0. The lowest BCUT2D eigenvalue weighted by Gasteiger charge is -2.11. The van der Waals surface area contributed by atoms with Crippen molar-refractivity contribution in [3.63, 3.8) is 0 Å². The minimum absolute atomic E-state index is 0.00985. The molecular formula is C27H30N2O. The van der Waals surface area contributed by atoms with E-state index in [-0.39, 0.29) is 5.91 Å². The Kier molecular flexibility index (Phi) is 7.56. The van der Waals surface area contributed by atoms with Crippen molar-refractivity contribution in [3.8, 4) is 0 Å². The minimum atomic E-state index is 0.00985. The van der Waals surface area contributed by atoms with Crippen LogP contribution >= 0.6 is 0 Å². The van der Waals surface area contributed by atoms with Crippen LogP contribution in [0.4, 0.5) is 0 Å². The highest BCUT2D eigenvalue weighted by atomic mass is 16.1. The number of hydrogen-bond acceptors (Lipinski definition) is 2. The van der Waals surface area contributed by atoms with Crippen LogP contribution in [0.25, 0.3) is 12.2 Å². The second-order valence-corrected chi connectivity index (χ2v) is 8.11. The van der Waals surface area contributed by atoms with Gasteiger partial charge < -0.3 is 5.32 Å². The third kappa shape index (κ3) is 6.41. The van der Waals surface area contributed by atoms with Gasteiger partial charge in [-0.2, -0.15) is 0 Å². The fourth-order valence-corrected chi connectivity index (χ4v) is 3.25. The van der Waals surface area contributed by atoms with Crippen LogP contribution < -0.4 is 5.32 Å². The van der Waals surface area contributed by atoms with E-state index in [1.54, 1.807) is 12.4 Å². The lowest BCUT2D eigenvalue weighted by Crippen LogP contribution is -2.25. The van der Waals surface area contributed by atoms with Crippen molar-refractivity contribution in [2.24, 2.45) is 5.92 Å². The number of amides is 1. The zero-order valence-electron chi connectivity index (χ0n) is 18.1. The molecule has 0 aliphatic rings. The smallest absolute Gasteiger partial charge is 0.251 e. The molecule has 154 valence electrons. The van der Waals surface area contributed by atoms with E-state index in [4.69, 9.17) is 0 Å². The third-order valence-electron chi connectivity index (χ3n) is 5.16. The van der Waals surface area contributed by atoms with Crippen LogP contribution in [0.15, 0.2) is 67.0 Å². The standard InChI is InChI=1S/C27H30N2O/c1-20(2)12-17-29-27(30)26-11-10-25(21(3)18-26)19-24-8-6-22(7-9-24)4-5-23-13-15-28-16-14-23/h4-11,13-16,18,20H,12,17,19H2,1-3H3,(H,29,30)/b5-4+. The molecule has 0 radical (unpaired) electrons. The SMILES string of the molecule is Cc1cc(C(=O)NCCC(C)C)ccc1Cc1ccc(/C=C/c2ccncc2)cc1. The van der Waals surface area contributed by atoms with Gasteiger partial charge in [0.2, 0.25) is 0 Å². The van der Waals surface area contributed by atoms with Crippen LogP contribution in [0.2, 0.25) is 0 Å². The van der Waals surface area contributed by atoms with E-state index < -0.39 is 0 Å². The fraction of sp³-hybridized carbons (Fsp3) is 0.259. The predicted molar refractivity (Wildman–Crippen MR) is 125 cm³/mol. The molecule has 3 aromatic rings. The second-order valence-electron chi connectivity index (χ2n) is 8.11. The molecule has 1 heterocycles. The van der Waals surface area contributed by atoms with E-state index in [2.05, 4.69) is 73.6 Å². The molecule has 3 rings (SSSR count). The van der Waals surface area contributed by atoms with Crippen molar-refractivity contribution in [1.29, 1.82) is 0 Å². The molecule has 0 aliphatic heterocycles. The number of carbonyl (C=O) groups excluding carboxylic acids is 1. The van der Waals surface area contributed by atoms with Gasteiger partial charge in [-0.15, -0.1) is 0 Å². The highest BCUT2D eigenvalue weighted by molar-refractivity contribution is 5.94. The summed E-state index contributed by atoms with van der Waals surface area (Å²) in [5.41, 5.74) is 6.69. The van der Waals surface area contributed by atoms with Gasteiger partial charge in [0, 0.05) is 24.5 Å². The number of benzene rings is 2. The first-order chi connectivity index (χ1) is 14.5. The predicted octanol–water partition coefficient (Wildman–Crippen LogP) is 5.93. The van der Waals surface area contributed by atoms with Crippen LogP contribution in [0.1, 0.15) is 58.4 Å². The van der Waals surface area contributed by atoms with Gasteiger partial charge in [0.1, 0.15) is 0 Å². The van der Waals surface area contributed by atoms with E-state index in [0.29, 0.717) is 5.92 Å². The van der Waals surface area contributed by atoms with Crippen molar-refractivity contribution in [2.75, 3.05) is 6.54 Å². The molecular weight excluding hydrogens is 368 g/mol. The van der Waals surface area contributed by atoms with Crippen molar-refractivity contribution in [3.05, 3.63) is 100 Å². The lowest BCUT2D eigenvalue weighted by molar-refractivity contribution is 0.0952. The van der Waals surface area contributed by atoms with E-state index >= 15 is 0 Å². The van der Waals surface area contributed by atoms with Gasteiger partial charge in [-0.1, -0.05) is 56.3 Å². The summed E-state index contributed by atoms with van der Waals surface area (Å²) in [6.45, 7) is 7.12. The Morgan fingerprint density at radius 2 is 1.63 bits per heavy atom. The van der Waals surface area contributed by atoms with Gasteiger partial charge in [0.05, 0.1) is 0 Å². The Labute approximate surface area is 179 Å². The molecule has 0 aliphatic carbocycles. The highest BCUT2D eigenvalue weighted by Gasteiger charge is 2.08. The second kappa shape index (κ2) is 10.5. The third-order valence-corrected chi connectivity index (χ3v) is 5.16. The molecule has 1 aromatic heterocycles. The largest absolute Gasteiger partial charge is 0.352 e. The summed E-state index contributed by atoms with van der Waals surface area (Å²) < 4.78 is 0. The number of hydrogen-bond donors (Lipinski definition) is 1. The Morgan fingerprint density at radius 3 is 2.27 bits per heavy atom. The van der Waals surface area contributed by atoms with Gasteiger partial charge in [0.15, 0.2) is 0 Å². The average molecular weight is 399 g/mol. The number of pyridine rings is 1. The van der Waals surface area contributed by atoms with Gasteiger partial charge >= 0.3 is 0 Å². The molecule has 0 spiro atoms. The molecule has 0 unspecified atom stereocenters. The van der Waals surface area contributed by atoms with Gasteiger partial charge in [0.25, 0.3) is 5.91 Å². The maximum Gasteiger partial charge on any atom is 0.251 e. The van der Waals surface area contributed by atoms with E-state index in [9.17, 15) is 4.79 Å². The zero-order chi connectivity index (χ0) is 21.3. The number of nitrogens with one attached hydrogen (secondary N) is 1. The quantitative estimate of drug-likeness (QED) is 0.511. The van der Waals surface area contributed by atoms with E-state index in [0.717, 1.165) is 36.1 Å². The average Bonchev–Trinajstić information content (AvgIpc) is 2.75. The monoisotopic (exact) mass is 398 g/mol. The Hall–Kier alpha value is -3.20. The summed E-state index contributed by atoms with van der Waals surface area (Å²) in [6.07, 6.45) is 9.65. The van der Waals surface area contributed by atoms with Crippen LogP contribution in [0.3, 0.4) is 0 Å². The first-order valence-corrected chi connectivity index (χ1v) is 10.6. The maximum atomic E-state index is 12.3. The zero-order valence-corrected chi connectivity index (χ0v) is 18.1. The van der Waals surface area contributed by atoms with Gasteiger partial charge in [-0.3, -0.25) is 9.78 Å². The Morgan fingerprint density at radius 1 is 0.967 bits per heavy atom. The van der Waals surface area contributed by atoms with Crippen molar-refractivity contribution in [1.82, 2.24) is 10.3 Å². The molecule has 3 heteroatoms. The number of rotatable bonds is 8. The number of carbonyl (C=O) groups is 1. The van der Waals surface area contributed by atoms with Crippen LogP contribution in [0.5, 0.6) is 0 Å². The fourth-order valence-electron chi connectivity index (χ4n) is 3.25. The summed E-state index contributed by atoms with van der Waals surface area (Å²) in [7, 11) is 0. The molecule has 0 atom stereocenters. The van der Waals surface area contributed by atoms with Gasteiger partial charge in [-0.05, 0) is 77.8 Å².